The molecule has 2 N–H and O–H groups in total. The molecule has 2 amide bonds. The van der Waals surface area contributed by atoms with Gasteiger partial charge in [-0.1, -0.05) is 41.9 Å². The van der Waals surface area contributed by atoms with Crippen molar-refractivity contribution >= 4 is 29.1 Å². The highest BCUT2D eigenvalue weighted by Crippen LogP contribution is 2.19. The van der Waals surface area contributed by atoms with Crippen LogP contribution in [0.4, 0.5) is 5.69 Å². The second-order valence-corrected chi connectivity index (χ2v) is 7.57. The quantitative estimate of drug-likeness (QED) is 0.750. The smallest absolute Gasteiger partial charge is 0.234 e. The number of hydrogen-bond acceptors (Lipinski definition) is 3. The van der Waals surface area contributed by atoms with E-state index in [1.54, 1.807) is 0 Å². The summed E-state index contributed by atoms with van der Waals surface area (Å²) in [7, 11) is 0. The van der Waals surface area contributed by atoms with Gasteiger partial charge in [0.1, 0.15) is 0 Å². The first-order valence-corrected chi connectivity index (χ1v) is 10.1. The number of nitrogens with zero attached hydrogens (tertiary/aromatic N) is 1. The fourth-order valence-electron chi connectivity index (χ4n) is 3.42. The lowest BCUT2D eigenvalue weighted by Gasteiger charge is -2.30. The average Bonchev–Trinajstić information content (AvgIpc) is 2.69. The van der Waals surface area contributed by atoms with Gasteiger partial charge >= 0.3 is 0 Å². The Morgan fingerprint density at radius 1 is 1.04 bits per heavy atom. The molecule has 0 atom stereocenters. The normalized spacial score (nSPS) is 15.2. The fraction of sp³-hybridized carbons (Fsp3) is 0.364. The van der Waals surface area contributed by atoms with Gasteiger partial charge in [-0.25, -0.2) is 0 Å². The largest absolute Gasteiger partial charge is 0.355 e. The maximum atomic E-state index is 12.4. The van der Waals surface area contributed by atoms with Gasteiger partial charge < -0.3 is 10.6 Å². The Bertz CT molecular complexity index is 789. The molecule has 1 heterocycles. The highest BCUT2D eigenvalue weighted by molar-refractivity contribution is 6.30. The molecule has 3 rings (SSSR count). The third-order valence-corrected chi connectivity index (χ3v) is 5.23. The van der Waals surface area contributed by atoms with E-state index in [-0.39, 0.29) is 17.7 Å². The van der Waals surface area contributed by atoms with Crippen LogP contribution >= 0.6 is 11.6 Å². The van der Waals surface area contributed by atoms with Gasteiger partial charge in [-0.05, 0) is 62.2 Å². The molecule has 5 nitrogen and oxygen atoms in total. The van der Waals surface area contributed by atoms with Gasteiger partial charge in [0.05, 0.1) is 6.54 Å². The molecule has 1 aliphatic rings. The molecule has 2 aromatic rings. The predicted octanol–water partition coefficient (Wildman–Crippen LogP) is 3.35. The van der Waals surface area contributed by atoms with Crippen molar-refractivity contribution in [2.24, 2.45) is 5.92 Å². The Morgan fingerprint density at radius 3 is 2.50 bits per heavy atom. The summed E-state index contributed by atoms with van der Waals surface area (Å²) in [6.45, 7) is 2.49. The molecule has 0 radical (unpaired) electrons. The second-order valence-electron chi connectivity index (χ2n) is 7.14. The summed E-state index contributed by atoms with van der Waals surface area (Å²) in [6, 6.07) is 17.2. The van der Waals surface area contributed by atoms with Crippen LogP contribution in [0.25, 0.3) is 0 Å². The van der Waals surface area contributed by atoms with E-state index in [0.717, 1.165) is 43.6 Å². The summed E-state index contributed by atoms with van der Waals surface area (Å²) in [5.41, 5.74) is 1.94. The molecule has 0 unspecified atom stereocenters. The summed E-state index contributed by atoms with van der Waals surface area (Å²) in [5.74, 6) is 0.0911. The van der Waals surface area contributed by atoms with Gasteiger partial charge in [-0.3, -0.25) is 14.5 Å². The molecular weight excluding hydrogens is 374 g/mol. The predicted molar refractivity (Wildman–Crippen MR) is 112 cm³/mol. The lowest BCUT2D eigenvalue weighted by molar-refractivity contribution is -0.123. The molecule has 2 aromatic carbocycles. The van der Waals surface area contributed by atoms with Crippen LogP contribution < -0.4 is 10.6 Å². The Balaban J connectivity index is 1.34. The minimum Gasteiger partial charge on any atom is -0.355 e. The number of halogens is 1. The van der Waals surface area contributed by atoms with Gasteiger partial charge in [0.25, 0.3) is 0 Å². The number of amides is 2. The van der Waals surface area contributed by atoms with Crippen LogP contribution in [0.2, 0.25) is 5.02 Å². The maximum Gasteiger partial charge on any atom is 0.234 e. The van der Waals surface area contributed by atoms with E-state index in [9.17, 15) is 9.59 Å². The summed E-state index contributed by atoms with van der Waals surface area (Å²) >= 11 is 5.97. The zero-order valence-electron chi connectivity index (χ0n) is 15.9. The van der Waals surface area contributed by atoms with Crippen LogP contribution in [0.5, 0.6) is 0 Å². The molecule has 0 aliphatic carbocycles. The first-order chi connectivity index (χ1) is 13.6. The van der Waals surface area contributed by atoms with E-state index < -0.39 is 0 Å². The molecule has 0 saturated carbocycles. The number of hydrogen-bond donors (Lipinski definition) is 2. The number of likely N-dealkylation sites (tertiary alicyclic amines) is 1. The van der Waals surface area contributed by atoms with Crippen LogP contribution in [-0.2, 0) is 16.0 Å². The Morgan fingerprint density at radius 2 is 1.79 bits per heavy atom. The van der Waals surface area contributed by atoms with Crippen molar-refractivity contribution in [2.45, 2.75) is 19.3 Å². The van der Waals surface area contributed by atoms with Crippen molar-refractivity contribution in [1.82, 2.24) is 10.2 Å². The summed E-state index contributed by atoms with van der Waals surface area (Å²) in [6.07, 6.45) is 2.30. The second kappa shape index (κ2) is 10.2. The Hall–Kier alpha value is -2.37. The number of anilines is 1. The molecule has 1 fully saturated rings. The molecule has 0 aromatic heterocycles. The maximum absolute atomic E-state index is 12.4. The highest BCUT2D eigenvalue weighted by Gasteiger charge is 2.25. The minimum absolute atomic E-state index is 0.00217. The van der Waals surface area contributed by atoms with Crippen LogP contribution in [0.1, 0.15) is 18.4 Å². The summed E-state index contributed by atoms with van der Waals surface area (Å²) in [5, 5.41) is 6.64. The molecule has 6 heteroatoms. The number of nitrogens with one attached hydrogen (secondary N) is 2. The molecular formula is C22H26ClN3O2. The number of benzene rings is 2. The van der Waals surface area contributed by atoms with Gasteiger partial charge in [0.2, 0.25) is 11.8 Å². The van der Waals surface area contributed by atoms with Gasteiger partial charge in [0, 0.05) is 23.2 Å². The first-order valence-electron chi connectivity index (χ1n) is 9.69. The summed E-state index contributed by atoms with van der Waals surface area (Å²) < 4.78 is 0. The first kappa shape index (κ1) is 20.4. The molecule has 1 aliphatic heterocycles. The zero-order chi connectivity index (χ0) is 19.8. The van der Waals surface area contributed by atoms with Crippen LogP contribution in [0, 0.1) is 5.92 Å². The van der Waals surface area contributed by atoms with Gasteiger partial charge in [0.15, 0.2) is 0 Å². The SMILES string of the molecule is O=C(CN1CCC(C(=O)Nc2ccccc2)CC1)NCCc1cccc(Cl)c1. The number of carbonyl (C=O) groups is 2. The van der Waals surface area contributed by atoms with Crippen molar-refractivity contribution in [1.29, 1.82) is 0 Å². The molecule has 148 valence electrons. The van der Waals surface area contributed by atoms with Crippen molar-refractivity contribution in [3.05, 3.63) is 65.2 Å². The topological polar surface area (TPSA) is 61.4 Å². The average molecular weight is 400 g/mol. The lowest BCUT2D eigenvalue weighted by atomic mass is 9.96. The lowest BCUT2D eigenvalue weighted by Crippen LogP contribution is -2.43. The zero-order valence-corrected chi connectivity index (χ0v) is 16.6. The molecule has 1 saturated heterocycles. The standard InChI is InChI=1S/C22H26ClN3O2/c23-19-6-4-5-17(15-19)9-12-24-21(27)16-26-13-10-18(11-14-26)22(28)25-20-7-2-1-3-8-20/h1-8,15,18H,9-14,16H2,(H,24,27)(H,25,28). The third kappa shape index (κ3) is 6.36. The van der Waals surface area contributed by atoms with E-state index >= 15 is 0 Å². The van der Waals surface area contributed by atoms with Crippen molar-refractivity contribution in [2.75, 3.05) is 31.5 Å². The number of para-hydroxylation sites is 1. The van der Waals surface area contributed by atoms with Crippen LogP contribution in [0.3, 0.4) is 0 Å². The van der Waals surface area contributed by atoms with E-state index in [4.69, 9.17) is 11.6 Å². The van der Waals surface area contributed by atoms with E-state index in [1.807, 2.05) is 54.6 Å². The number of rotatable bonds is 7. The fourth-order valence-corrected chi connectivity index (χ4v) is 3.63. The molecule has 28 heavy (non-hydrogen) atoms. The number of piperidine rings is 1. The van der Waals surface area contributed by atoms with E-state index in [2.05, 4.69) is 15.5 Å². The van der Waals surface area contributed by atoms with E-state index in [0.29, 0.717) is 18.1 Å². The van der Waals surface area contributed by atoms with Gasteiger partial charge in [-0.15, -0.1) is 0 Å². The monoisotopic (exact) mass is 399 g/mol. The Kier molecular flexibility index (Phi) is 7.46. The van der Waals surface area contributed by atoms with Crippen LogP contribution in [0.15, 0.2) is 54.6 Å². The molecule has 0 spiro atoms. The van der Waals surface area contributed by atoms with Crippen molar-refractivity contribution in [3.63, 3.8) is 0 Å². The highest BCUT2D eigenvalue weighted by atomic mass is 35.5. The minimum atomic E-state index is 0.00217. The number of carbonyl (C=O) groups excluding carboxylic acids is 2. The molecule has 0 bridgehead atoms. The van der Waals surface area contributed by atoms with Crippen molar-refractivity contribution < 1.29 is 9.59 Å². The third-order valence-electron chi connectivity index (χ3n) is 4.99. The van der Waals surface area contributed by atoms with E-state index in [1.165, 1.54) is 0 Å². The van der Waals surface area contributed by atoms with Crippen molar-refractivity contribution in [3.8, 4) is 0 Å². The van der Waals surface area contributed by atoms with Crippen LogP contribution in [-0.4, -0.2) is 42.9 Å². The van der Waals surface area contributed by atoms with Gasteiger partial charge in [-0.2, -0.15) is 0 Å². The Labute approximate surface area is 171 Å². The summed E-state index contributed by atoms with van der Waals surface area (Å²) in [4.78, 5) is 26.7.